The molecule has 0 radical (unpaired) electrons. The largest absolute Gasteiger partial charge is 0.460 e. The fourth-order valence-corrected chi connectivity index (χ4v) is 4.76. The topological polar surface area (TPSA) is 66.5 Å². The van der Waals surface area contributed by atoms with E-state index >= 15 is 0 Å². The summed E-state index contributed by atoms with van der Waals surface area (Å²) >= 11 is 0. The van der Waals surface area contributed by atoms with Gasteiger partial charge in [-0.3, -0.25) is 9.69 Å². The summed E-state index contributed by atoms with van der Waals surface area (Å²) in [5.74, 6) is -0.241. The highest BCUT2D eigenvalue weighted by Gasteiger charge is 2.22. The van der Waals surface area contributed by atoms with E-state index in [4.69, 9.17) is 23.7 Å². The molecule has 0 aromatic heterocycles. The van der Waals surface area contributed by atoms with Crippen LogP contribution in [0.25, 0.3) is 0 Å². The highest BCUT2D eigenvalue weighted by Crippen LogP contribution is 2.23. The van der Waals surface area contributed by atoms with E-state index in [-0.39, 0.29) is 18.5 Å². The first-order chi connectivity index (χ1) is 19.4. The lowest BCUT2D eigenvalue weighted by atomic mass is 9.95. The Balaban J connectivity index is 1.21. The van der Waals surface area contributed by atoms with Crippen LogP contribution in [-0.4, -0.2) is 74.9 Å². The summed E-state index contributed by atoms with van der Waals surface area (Å²) in [7, 11) is 0. The van der Waals surface area contributed by atoms with Crippen molar-refractivity contribution < 1.29 is 28.5 Å². The van der Waals surface area contributed by atoms with Crippen LogP contribution >= 0.6 is 0 Å². The number of hydrogen-bond donors (Lipinski definition) is 0. The number of carbonyl (C=O) groups excluding carboxylic acids is 1. The maximum Gasteiger partial charge on any atom is 0.308 e. The van der Waals surface area contributed by atoms with Crippen molar-refractivity contribution in [3.8, 4) is 0 Å². The van der Waals surface area contributed by atoms with Gasteiger partial charge < -0.3 is 23.7 Å². The van der Waals surface area contributed by atoms with Crippen molar-refractivity contribution in [2.24, 2.45) is 0 Å². The van der Waals surface area contributed by atoms with E-state index in [2.05, 4.69) is 65.6 Å². The molecule has 0 unspecified atom stereocenters. The minimum absolute atomic E-state index is 0.241. The van der Waals surface area contributed by atoms with Crippen molar-refractivity contribution in [3.05, 3.63) is 71.8 Å². The van der Waals surface area contributed by atoms with Crippen molar-refractivity contribution in [2.75, 3.05) is 46.2 Å². The second-order valence-electron chi connectivity index (χ2n) is 11.4. The maximum atomic E-state index is 11.6. The number of esters is 1. The molecule has 3 rings (SSSR count). The van der Waals surface area contributed by atoms with Crippen molar-refractivity contribution in [1.82, 2.24) is 4.90 Å². The molecule has 0 N–H and O–H groups in total. The van der Waals surface area contributed by atoms with Crippen LogP contribution in [-0.2, 0) is 41.6 Å². The second kappa shape index (κ2) is 18.2. The average molecular weight is 556 g/mol. The van der Waals surface area contributed by atoms with Crippen LogP contribution in [0, 0.1) is 0 Å². The summed E-state index contributed by atoms with van der Waals surface area (Å²) in [6.45, 7) is 11.5. The smallest absolute Gasteiger partial charge is 0.308 e. The van der Waals surface area contributed by atoms with Gasteiger partial charge in [-0.05, 0) is 57.6 Å². The van der Waals surface area contributed by atoms with Gasteiger partial charge in [-0.15, -0.1) is 0 Å². The number of nitrogens with zero attached hydrogens (tertiary/aromatic N) is 1. The van der Waals surface area contributed by atoms with E-state index in [1.807, 2.05) is 20.8 Å². The quantitative estimate of drug-likeness (QED) is 0.170. The number of rotatable bonds is 18. The minimum Gasteiger partial charge on any atom is -0.460 e. The fourth-order valence-electron chi connectivity index (χ4n) is 4.76. The lowest BCUT2D eigenvalue weighted by Gasteiger charge is -2.30. The molecule has 7 nitrogen and oxygen atoms in total. The van der Waals surface area contributed by atoms with Gasteiger partial charge in [0.05, 0.1) is 58.3 Å². The van der Waals surface area contributed by atoms with E-state index in [1.165, 1.54) is 11.1 Å². The number of carbonyl (C=O) groups is 1. The third-order valence-electron chi connectivity index (χ3n) is 6.70. The standard InChI is InChI=1S/C33H49NO6/c1-33(2,3)40-32(35)18-20-36-22-23-37-24-25-39-31-16-14-30(15-17-31)38-21-19-34(26-28-10-6-4-7-11-28)27-29-12-8-5-9-13-29/h4-13,30-31H,14-27H2,1-3H3/t30-,31-. The molecule has 222 valence electrons. The molecule has 0 heterocycles. The molecule has 0 amide bonds. The van der Waals surface area contributed by atoms with Crippen molar-refractivity contribution in [2.45, 2.75) is 83.8 Å². The zero-order valence-electron chi connectivity index (χ0n) is 24.7. The summed E-state index contributed by atoms with van der Waals surface area (Å²) in [4.78, 5) is 14.1. The first-order valence-corrected chi connectivity index (χ1v) is 14.8. The molecule has 0 saturated heterocycles. The Morgan fingerprint density at radius 2 is 1.18 bits per heavy atom. The zero-order chi connectivity index (χ0) is 28.5. The van der Waals surface area contributed by atoms with Crippen LogP contribution in [0.4, 0.5) is 0 Å². The van der Waals surface area contributed by atoms with E-state index in [0.717, 1.165) is 51.9 Å². The van der Waals surface area contributed by atoms with Gasteiger partial charge in [0.15, 0.2) is 0 Å². The van der Waals surface area contributed by atoms with Gasteiger partial charge in [-0.1, -0.05) is 60.7 Å². The molecule has 0 atom stereocenters. The lowest BCUT2D eigenvalue weighted by Crippen LogP contribution is -2.31. The Bertz CT molecular complexity index is 883. The van der Waals surface area contributed by atoms with Gasteiger partial charge in [-0.2, -0.15) is 0 Å². The summed E-state index contributed by atoms with van der Waals surface area (Å²) < 4.78 is 28.6. The molecule has 1 fully saturated rings. The zero-order valence-corrected chi connectivity index (χ0v) is 24.7. The molecule has 1 aliphatic carbocycles. The minimum atomic E-state index is -0.459. The van der Waals surface area contributed by atoms with Crippen LogP contribution in [0.3, 0.4) is 0 Å². The van der Waals surface area contributed by atoms with Crippen molar-refractivity contribution in [1.29, 1.82) is 0 Å². The summed E-state index contributed by atoms with van der Waals surface area (Å²) in [6, 6.07) is 21.3. The molecule has 2 aromatic rings. The Morgan fingerprint density at radius 1 is 0.700 bits per heavy atom. The van der Waals surface area contributed by atoms with Gasteiger partial charge >= 0.3 is 5.97 Å². The Labute approximate surface area is 241 Å². The summed E-state index contributed by atoms with van der Waals surface area (Å²) in [5, 5.41) is 0. The fraction of sp³-hybridized carbons (Fsp3) is 0.606. The molecule has 1 aliphatic rings. The molecule has 2 aromatic carbocycles. The van der Waals surface area contributed by atoms with Crippen molar-refractivity contribution in [3.63, 3.8) is 0 Å². The summed E-state index contributed by atoms with van der Waals surface area (Å²) in [6.07, 6.45) is 4.96. The molecule has 0 aliphatic heterocycles. The van der Waals surface area contributed by atoms with Crippen LogP contribution in [0.2, 0.25) is 0 Å². The third kappa shape index (κ3) is 14.4. The van der Waals surface area contributed by atoms with Gasteiger partial charge in [0.2, 0.25) is 0 Å². The Kier molecular flexibility index (Phi) is 14.7. The van der Waals surface area contributed by atoms with E-state index in [9.17, 15) is 4.79 Å². The molecular formula is C33H49NO6. The molecule has 7 heteroatoms. The van der Waals surface area contributed by atoms with Gasteiger partial charge in [0.25, 0.3) is 0 Å². The predicted octanol–water partition coefficient (Wildman–Crippen LogP) is 5.80. The number of hydrogen-bond acceptors (Lipinski definition) is 7. The first kappa shape index (κ1) is 32.2. The van der Waals surface area contributed by atoms with E-state index < -0.39 is 5.60 Å². The highest BCUT2D eigenvalue weighted by atomic mass is 16.6. The van der Waals surface area contributed by atoms with Crippen LogP contribution < -0.4 is 0 Å². The Hall–Kier alpha value is -2.29. The van der Waals surface area contributed by atoms with Crippen LogP contribution in [0.1, 0.15) is 64.0 Å². The first-order valence-electron chi connectivity index (χ1n) is 14.8. The normalized spacial score (nSPS) is 17.7. The molecule has 1 saturated carbocycles. The number of benzene rings is 2. The third-order valence-corrected chi connectivity index (χ3v) is 6.70. The van der Waals surface area contributed by atoms with Gasteiger partial charge in [0, 0.05) is 19.6 Å². The predicted molar refractivity (Wildman–Crippen MR) is 157 cm³/mol. The molecule has 0 spiro atoms. The van der Waals surface area contributed by atoms with Gasteiger partial charge in [0.1, 0.15) is 5.60 Å². The average Bonchev–Trinajstić information content (AvgIpc) is 2.93. The van der Waals surface area contributed by atoms with Crippen LogP contribution in [0.5, 0.6) is 0 Å². The summed E-state index contributed by atoms with van der Waals surface area (Å²) in [5.41, 5.74) is 2.19. The van der Waals surface area contributed by atoms with E-state index in [1.54, 1.807) is 0 Å². The maximum absolute atomic E-state index is 11.6. The van der Waals surface area contributed by atoms with E-state index in [0.29, 0.717) is 39.1 Å². The lowest BCUT2D eigenvalue weighted by molar-refractivity contribution is -0.156. The van der Waals surface area contributed by atoms with Crippen molar-refractivity contribution >= 4 is 5.97 Å². The molecule has 0 bridgehead atoms. The molecular weight excluding hydrogens is 506 g/mol. The van der Waals surface area contributed by atoms with Crippen LogP contribution in [0.15, 0.2) is 60.7 Å². The highest BCUT2D eigenvalue weighted by molar-refractivity contribution is 5.69. The monoisotopic (exact) mass is 555 g/mol. The van der Waals surface area contributed by atoms with Gasteiger partial charge in [-0.25, -0.2) is 0 Å². The number of ether oxygens (including phenoxy) is 5. The second-order valence-corrected chi connectivity index (χ2v) is 11.4. The SMILES string of the molecule is CC(C)(C)OC(=O)CCOCCOCCO[C@H]1CC[C@H](OCCN(Cc2ccccc2)Cc2ccccc2)CC1. The Morgan fingerprint density at radius 3 is 1.70 bits per heavy atom. The molecule has 40 heavy (non-hydrogen) atoms.